The average molecular weight is 581 g/mol. The molecule has 11 nitrogen and oxygen atoms in total. The van der Waals surface area contributed by atoms with Gasteiger partial charge in [-0.25, -0.2) is 0 Å². The van der Waals surface area contributed by atoms with E-state index in [9.17, 15) is 24.6 Å². The summed E-state index contributed by atoms with van der Waals surface area (Å²) in [7, 11) is 0. The second-order valence-corrected chi connectivity index (χ2v) is 11.3. The first-order valence-electron chi connectivity index (χ1n) is 14.9. The van der Waals surface area contributed by atoms with Crippen LogP contribution < -0.4 is 14.4 Å². The number of rotatable bonds is 12. The molecule has 0 spiro atoms. The fraction of sp³-hybridized carbons (Fsp3) is 0.548. The number of fused-ring (bicyclic) bond motifs is 1. The molecule has 0 saturated carbocycles. The highest BCUT2D eigenvalue weighted by molar-refractivity contribution is 5.94. The number of amides is 2. The molecule has 3 aliphatic rings. The summed E-state index contributed by atoms with van der Waals surface area (Å²) >= 11 is 0. The Balaban J connectivity index is 1.45. The Bertz CT molecular complexity index is 1270. The molecule has 3 aliphatic heterocycles. The van der Waals surface area contributed by atoms with Crippen LogP contribution in [0.4, 0.5) is 5.69 Å². The van der Waals surface area contributed by atoms with Gasteiger partial charge in [-0.3, -0.25) is 24.3 Å². The molecule has 4 heterocycles. The van der Waals surface area contributed by atoms with E-state index >= 15 is 0 Å². The molecule has 3 atom stereocenters. The Morgan fingerprint density at radius 1 is 1.21 bits per heavy atom. The summed E-state index contributed by atoms with van der Waals surface area (Å²) in [5.41, 5.74) is 1.97. The molecule has 0 unspecified atom stereocenters. The molecule has 2 amide bonds. The number of carbonyl (C=O) groups excluding carboxylic acids is 2. The van der Waals surface area contributed by atoms with Gasteiger partial charge >= 0.3 is 5.97 Å². The fourth-order valence-corrected chi connectivity index (χ4v) is 6.50. The van der Waals surface area contributed by atoms with Gasteiger partial charge in [0.1, 0.15) is 0 Å². The number of likely N-dealkylation sites (tertiary alicyclic amines) is 2. The van der Waals surface area contributed by atoms with E-state index in [-0.39, 0.29) is 31.8 Å². The van der Waals surface area contributed by atoms with Crippen molar-refractivity contribution in [2.45, 2.75) is 64.0 Å². The Morgan fingerprint density at radius 3 is 2.79 bits per heavy atom. The van der Waals surface area contributed by atoms with Crippen molar-refractivity contribution >= 4 is 23.5 Å². The maximum Gasteiger partial charge on any atom is 0.308 e. The second-order valence-electron chi connectivity index (χ2n) is 11.3. The molecular formula is C31H40N4O7. The maximum absolute atomic E-state index is 13.9. The number of aliphatic carboxylic acids is 1. The number of carbonyl (C=O) groups is 3. The zero-order valence-electron chi connectivity index (χ0n) is 24.1. The number of aromatic nitrogens is 1. The summed E-state index contributed by atoms with van der Waals surface area (Å²) in [6.45, 7) is 3.84. The van der Waals surface area contributed by atoms with Crippen LogP contribution in [0.2, 0.25) is 0 Å². The molecular weight excluding hydrogens is 540 g/mol. The molecule has 2 saturated heterocycles. The number of aliphatic hydroxyl groups excluding tert-OH is 1. The number of carboxylic acid groups (broad SMARTS) is 1. The van der Waals surface area contributed by atoms with Crippen LogP contribution in [0.5, 0.6) is 11.5 Å². The van der Waals surface area contributed by atoms with E-state index in [1.54, 1.807) is 35.5 Å². The largest absolute Gasteiger partial charge is 0.481 e. The summed E-state index contributed by atoms with van der Waals surface area (Å²) in [5, 5.41) is 20.6. The highest BCUT2D eigenvalue weighted by Crippen LogP contribution is 2.44. The standard InChI is InChI=1S/C31H40N4O7/c1-2-3-12-35(23-7-6-10-32-16-23)28(38)18-34-17-24(21-14-22(19-36)30-26(15-21)41-20-42-30)29(31(39)40)25(34)9-13-33-11-5-4-8-27(33)37/h6-7,10,14-16,24-25,29,36H,2-5,8-9,11-13,17-20H2,1H3,(H,39,40)/t24-,25+,29-/m1/s1. The van der Waals surface area contributed by atoms with Crippen molar-refractivity contribution in [1.82, 2.24) is 14.8 Å². The van der Waals surface area contributed by atoms with Gasteiger partial charge in [0, 0.05) is 56.3 Å². The first-order chi connectivity index (χ1) is 20.4. The molecule has 5 rings (SSSR count). The van der Waals surface area contributed by atoms with Crippen molar-refractivity contribution in [3.8, 4) is 11.5 Å². The van der Waals surface area contributed by atoms with Crippen LogP contribution in [0.1, 0.15) is 62.5 Å². The minimum atomic E-state index is -0.955. The Morgan fingerprint density at radius 2 is 2.07 bits per heavy atom. The summed E-state index contributed by atoms with van der Waals surface area (Å²) in [6, 6.07) is 6.76. The predicted octanol–water partition coefficient (Wildman–Crippen LogP) is 3.01. The van der Waals surface area contributed by atoms with E-state index in [0.717, 1.165) is 31.2 Å². The molecule has 1 aromatic carbocycles. The first kappa shape index (κ1) is 29.8. The van der Waals surface area contributed by atoms with Crippen LogP contribution in [0.15, 0.2) is 36.7 Å². The van der Waals surface area contributed by atoms with Crippen LogP contribution in [0.3, 0.4) is 0 Å². The average Bonchev–Trinajstić information content (AvgIpc) is 3.62. The zero-order chi connectivity index (χ0) is 29.6. The lowest BCUT2D eigenvalue weighted by atomic mass is 9.83. The van der Waals surface area contributed by atoms with Crippen LogP contribution in [0.25, 0.3) is 0 Å². The molecule has 1 aromatic heterocycles. The van der Waals surface area contributed by atoms with Crippen LogP contribution >= 0.6 is 0 Å². The van der Waals surface area contributed by atoms with Crippen molar-refractivity contribution in [3.05, 3.63) is 47.8 Å². The second kappa shape index (κ2) is 13.5. The highest BCUT2D eigenvalue weighted by atomic mass is 16.7. The number of ether oxygens (including phenoxy) is 2. The van der Waals surface area contributed by atoms with Crippen LogP contribution in [-0.2, 0) is 21.0 Å². The van der Waals surface area contributed by atoms with Crippen molar-refractivity contribution in [2.75, 3.05) is 44.4 Å². The van der Waals surface area contributed by atoms with E-state index < -0.39 is 23.8 Å². The van der Waals surface area contributed by atoms with Gasteiger partial charge in [0.2, 0.25) is 18.6 Å². The van der Waals surface area contributed by atoms with Gasteiger partial charge in [-0.1, -0.05) is 13.3 Å². The van der Waals surface area contributed by atoms with E-state index in [1.165, 1.54) is 0 Å². The Hall–Kier alpha value is -3.70. The van der Waals surface area contributed by atoms with Gasteiger partial charge in [-0.15, -0.1) is 0 Å². The van der Waals surface area contributed by atoms with Gasteiger partial charge in [-0.05, 0) is 55.5 Å². The number of carboxylic acids is 1. The van der Waals surface area contributed by atoms with Crippen molar-refractivity contribution in [1.29, 1.82) is 0 Å². The highest BCUT2D eigenvalue weighted by Gasteiger charge is 2.48. The molecule has 2 aromatic rings. The maximum atomic E-state index is 13.9. The van der Waals surface area contributed by atoms with E-state index in [0.29, 0.717) is 61.8 Å². The number of pyridine rings is 1. The van der Waals surface area contributed by atoms with Crippen molar-refractivity contribution in [2.24, 2.45) is 5.92 Å². The lowest BCUT2D eigenvalue weighted by Gasteiger charge is -2.32. The third-order valence-electron chi connectivity index (χ3n) is 8.65. The van der Waals surface area contributed by atoms with E-state index in [2.05, 4.69) is 11.9 Å². The quantitative estimate of drug-likeness (QED) is 0.389. The monoisotopic (exact) mass is 580 g/mol. The smallest absolute Gasteiger partial charge is 0.308 e. The third kappa shape index (κ3) is 6.37. The van der Waals surface area contributed by atoms with E-state index in [4.69, 9.17) is 9.47 Å². The SMILES string of the molecule is CCCCN(C(=O)CN1C[C@H](c2cc(CO)c3c(c2)OCO3)[C@@H](C(=O)O)[C@@H]1CCN1CCCCC1=O)c1cccnc1. The number of hydrogen-bond acceptors (Lipinski definition) is 8. The van der Waals surface area contributed by atoms with Crippen molar-refractivity contribution < 1.29 is 34.1 Å². The number of piperidine rings is 1. The fourth-order valence-electron chi connectivity index (χ4n) is 6.50. The number of nitrogens with zero attached hydrogens (tertiary/aromatic N) is 4. The van der Waals surface area contributed by atoms with Crippen molar-refractivity contribution in [3.63, 3.8) is 0 Å². The van der Waals surface area contributed by atoms with Gasteiger partial charge in [0.05, 0.1) is 31.0 Å². The number of anilines is 1. The first-order valence-corrected chi connectivity index (χ1v) is 14.9. The van der Waals surface area contributed by atoms with Gasteiger partial charge in [0.25, 0.3) is 0 Å². The summed E-state index contributed by atoms with van der Waals surface area (Å²) < 4.78 is 11.1. The molecule has 42 heavy (non-hydrogen) atoms. The van der Waals surface area contributed by atoms with E-state index in [1.807, 2.05) is 15.9 Å². The molecule has 0 bridgehead atoms. The summed E-state index contributed by atoms with van der Waals surface area (Å²) in [5.74, 6) is -1.32. The van der Waals surface area contributed by atoms with Crippen LogP contribution in [0, 0.1) is 5.92 Å². The van der Waals surface area contributed by atoms with Gasteiger partial charge in [0.15, 0.2) is 11.5 Å². The molecule has 0 radical (unpaired) electrons. The minimum Gasteiger partial charge on any atom is -0.481 e. The van der Waals surface area contributed by atoms with Gasteiger partial charge < -0.3 is 29.5 Å². The lowest BCUT2D eigenvalue weighted by molar-refractivity contribution is -0.143. The third-order valence-corrected chi connectivity index (χ3v) is 8.65. The Kier molecular flexibility index (Phi) is 9.58. The topological polar surface area (TPSA) is 133 Å². The number of aliphatic hydroxyl groups is 1. The van der Waals surface area contributed by atoms with Crippen LogP contribution in [-0.4, -0.2) is 88.3 Å². The minimum absolute atomic E-state index is 0.0356. The predicted molar refractivity (Wildman–Crippen MR) is 154 cm³/mol. The molecule has 2 fully saturated rings. The number of hydrogen-bond donors (Lipinski definition) is 2. The van der Waals surface area contributed by atoms with Gasteiger partial charge in [-0.2, -0.15) is 0 Å². The number of unbranched alkanes of at least 4 members (excludes halogenated alkanes) is 1. The molecule has 11 heteroatoms. The lowest BCUT2D eigenvalue weighted by Crippen LogP contribution is -2.46. The molecule has 226 valence electrons. The molecule has 0 aliphatic carbocycles. The summed E-state index contributed by atoms with van der Waals surface area (Å²) in [4.78, 5) is 49.1. The number of benzene rings is 1. The summed E-state index contributed by atoms with van der Waals surface area (Å²) in [6.07, 6.45) is 7.83. The molecule has 2 N–H and O–H groups in total. The zero-order valence-corrected chi connectivity index (χ0v) is 24.1. The Labute approximate surface area is 246 Å². The normalized spacial score (nSPS) is 22.0.